The smallest absolute Gasteiger partial charge is 0.277 e. The van der Waals surface area contributed by atoms with Gasteiger partial charge in [-0.25, -0.2) is 9.97 Å². The standard InChI is InChI=1S/C29H28N4O3S/c1-36-26-17-23(30-22-10-4-3-9-21(22)26)28(34)32-15-12-20(13-16-32)27-31-24(18-37-27)29(35)33-14-6-8-19-7-2-5-11-25(19)33/h2-5,7,9-11,17-18,20H,6,8,12-16H2,1H3. The van der Waals surface area contributed by atoms with Crippen LogP contribution in [0.3, 0.4) is 0 Å². The Bertz CT molecular complexity index is 1480. The van der Waals surface area contributed by atoms with Crippen LogP contribution in [0.1, 0.15) is 56.7 Å². The molecule has 2 aliphatic heterocycles. The van der Waals surface area contributed by atoms with Crippen LogP contribution in [0.2, 0.25) is 0 Å². The number of hydrogen-bond acceptors (Lipinski definition) is 6. The van der Waals surface area contributed by atoms with Gasteiger partial charge in [-0.2, -0.15) is 0 Å². The Hall–Kier alpha value is -3.78. The lowest BCUT2D eigenvalue weighted by molar-refractivity contribution is 0.0707. The van der Waals surface area contributed by atoms with E-state index in [1.807, 2.05) is 57.6 Å². The molecule has 1 saturated heterocycles. The number of nitrogens with zero attached hydrogens (tertiary/aromatic N) is 4. The van der Waals surface area contributed by atoms with Gasteiger partial charge in [0.1, 0.15) is 17.1 Å². The molecule has 37 heavy (non-hydrogen) atoms. The summed E-state index contributed by atoms with van der Waals surface area (Å²) in [5.41, 5.74) is 3.88. The van der Waals surface area contributed by atoms with Crippen LogP contribution in [0.4, 0.5) is 5.69 Å². The fraction of sp³-hybridized carbons (Fsp3) is 0.310. The van der Waals surface area contributed by atoms with Gasteiger partial charge in [-0.1, -0.05) is 30.3 Å². The maximum atomic E-state index is 13.3. The van der Waals surface area contributed by atoms with Gasteiger partial charge < -0.3 is 14.5 Å². The number of hydrogen-bond donors (Lipinski definition) is 0. The van der Waals surface area contributed by atoms with Gasteiger partial charge in [0.25, 0.3) is 11.8 Å². The second-order valence-electron chi connectivity index (χ2n) is 9.55. The van der Waals surface area contributed by atoms with Crippen LogP contribution < -0.4 is 9.64 Å². The van der Waals surface area contributed by atoms with Crippen molar-refractivity contribution >= 4 is 39.7 Å². The van der Waals surface area contributed by atoms with Crippen molar-refractivity contribution in [3.8, 4) is 5.75 Å². The molecule has 4 aromatic rings. The molecule has 0 aliphatic carbocycles. The summed E-state index contributed by atoms with van der Waals surface area (Å²) in [4.78, 5) is 39.7. The third kappa shape index (κ3) is 4.46. The second kappa shape index (κ2) is 9.94. The summed E-state index contributed by atoms with van der Waals surface area (Å²) in [5.74, 6) is 0.781. The molecule has 0 atom stereocenters. The Kier molecular flexibility index (Phi) is 6.34. The van der Waals surface area contributed by atoms with E-state index in [2.05, 4.69) is 11.1 Å². The quantitative estimate of drug-likeness (QED) is 0.370. The highest BCUT2D eigenvalue weighted by molar-refractivity contribution is 7.10. The molecule has 8 heteroatoms. The number of thiazole rings is 1. The van der Waals surface area contributed by atoms with Gasteiger partial charge in [0.05, 0.1) is 17.6 Å². The first-order chi connectivity index (χ1) is 18.1. The van der Waals surface area contributed by atoms with E-state index in [0.717, 1.165) is 53.8 Å². The van der Waals surface area contributed by atoms with E-state index in [1.165, 1.54) is 5.56 Å². The van der Waals surface area contributed by atoms with Gasteiger partial charge >= 0.3 is 0 Å². The second-order valence-corrected chi connectivity index (χ2v) is 10.4. The zero-order valence-electron chi connectivity index (χ0n) is 20.7. The van der Waals surface area contributed by atoms with Crippen molar-refractivity contribution in [3.63, 3.8) is 0 Å². The number of benzene rings is 2. The van der Waals surface area contributed by atoms with Gasteiger partial charge in [-0.3, -0.25) is 9.59 Å². The van der Waals surface area contributed by atoms with Crippen molar-refractivity contribution in [1.29, 1.82) is 0 Å². The average molecular weight is 513 g/mol. The number of rotatable bonds is 4. The number of piperidine rings is 1. The van der Waals surface area contributed by atoms with Crippen LogP contribution in [0, 0.1) is 0 Å². The molecule has 7 nitrogen and oxygen atoms in total. The number of carbonyl (C=O) groups excluding carboxylic acids is 2. The molecule has 4 heterocycles. The summed E-state index contributed by atoms with van der Waals surface area (Å²) in [6, 6.07) is 17.5. The first-order valence-corrected chi connectivity index (χ1v) is 13.6. The molecule has 2 aromatic carbocycles. The SMILES string of the molecule is COc1cc(C(=O)N2CCC(c3nc(C(=O)N4CCCc5ccccc54)cs3)CC2)nc2ccccc12. The molecule has 2 aliphatic rings. The normalized spacial score (nSPS) is 16.0. The van der Waals surface area contributed by atoms with E-state index in [-0.39, 0.29) is 17.7 Å². The highest BCUT2D eigenvalue weighted by Crippen LogP contribution is 2.33. The Morgan fingerprint density at radius 1 is 0.946 bits per heavy atom. The summed E-state index contributed by atoms with van der Waals surface area (Å²) >= 11 is 1.55. The molecule has 188 valence electrons. The summed E-state index contributed by atoms with van der Waals surface area (Å²) in [5, 5.41) is 3.76. The van der Waals surface area contributed by atoms with Crippen molar-refractivity contribution < 1.29 is 14.3 Å². The van der Waals surface area contributed by atoms with E-state index < -0.39 is 0 Å². The number of anilines is 1. The first-order valence-electron chi connectivity index (χ1n) is 12.7. The lowest BCUT2D eigenvalue weighted by atomic mass is 9.97. The lowest BCUT2D eigenvalue weighted by Gasteiger charge is -2.31. The van der Waals surface area contributed by atoms with Crippen molar-refractivity contribution in [2.24, 2.45) is 0 Å². The predicted molar refractivity (Wildman–Crippen MR) is 145 cm³/mol. The fourth-order valence-electron chi connectivity index (χ4n) is 5.37. The Morgan fingerprint density at radius 3 is 2.57 bits per heavy atom. The molecule has 0 unspecified atom stereocenters. The van der Waals surface area contributed by atoms with Crippen LogP contribution >= 0.6 is 11.3 Å². The topological polar surface area (TPSA) is 75.6 Å². The third-order valence-electron chi connectivity index (χ3n) is 7.35. The van der Waals surface area contributed by atoms with Crippen molar-refractivity contribution in [2.75, 3.05) is 31.6 Å². The number of para-hydroxylation sites is 2. The molecule has 0 N–H and O–H groups in total. The maximum Gasteiger partial charge on any atom is 0.277 e. The minimum atomic E-state index is -0.0822. The average Bonchev–Trinajstić information content (AvgIpc) is 3.46. The van der Waals surface area contributed by atoms with Crippen molar-refractivity contribution in [1.82, 2.24) is 14.9 Å². The number of pyridine rings is 1. The fourth-order valence-corrected chi connectivity index (χ4v) is 6.33. The molecular formula is C29H28N4O3S. The number of methoxy groups -OCH3 is 1. The molecular weight excluding hydrogens is 484 g/mol. The van der Waals surface area contributed by atoms with Gasteiger partial charge in [0.2, 0.25) is 0 Å². The van der Waals surface area contributed by atoms with Crippen LogP contribution in [-0.2, 0) is 6.42 Å². The summed E-state index contributed by atoms with van der Waals surface area (Å²) in [6.45, 7) is 1.97. The minimum absolute atomic E-state index is 0.0291. The molecule has 0 radical (unpaired) electrons. The molecule has 2 aromatic heterocycles. The maximum absolute atomic E-state index is 13.3. The lowest BCUT2D eigenvalue weighted by Crippen LogP contribution is -2.38. The van der Waals surface area contributed by atoms with Crippen molar-refractivity contribution in [3.05, 3.63) is 81.9 Å². The van der Waals surface area contributed by atoms with Crippen molar-refractivity contribution in [2.45, 2.75) is 31.6 Å². The molecule has 1 fully saturated rings. The summed E-state index contributed by atoms with van der Waals surface area (Å²) in [6.07, 6.45) is 3.58. The van der Waals surface area contributed by atoms with E-state index in [1.54, 1.807) is 24.5 Å². The number of aromatic nitrogens is 2. The highest BCUT2D eigenvalue weighted by atomic mass is 32.1. The van der Waals surface area contributed by atoms with Gasteiger partial charge in [-0.05, 0) is 49.4 Å². The van der Waals surface area contributed by atoms with E-state index in [9.17, 15) is 9.59 Å². The number of fused-ring (bicyclic) bond motifs is 2. The van der Waals surface area contributed by atoms with Gasteiger partial charge in [-0.15, -0.1) is 11.3 Å². The van der Waals surface area contributed by atoms with Gasteiger partial charge in [0, 0.05) is 48.1 Å². The van der Waals surface area contributed by atoms with E-state index >= 15 is 0 Å². The third-order valence-corrected chi connectivity index (χ3v) is 8.35. The Balaban J connectivity index is 1.13. The van der Waals surface area contributed by atoms with E-state index in [4.69, 9.17) is 9.72 Å². The molecule has 0 saturated carbocycles. The van der Waals surface area contributed by atoms with E-state index in [0.29, 0.717) is 30.2 Å². The molecule has 6 rings (SSSR count). The first kappa shape index (κ1) is 23.6. The molecule has 0 spiro atoms. The summed E-state index contributed by atoms with van der Waals surface area (Å²) in [7, 11) is 1.61. The van der Waals surface area contributed by atoms with Crippen LogP contribution in [0.15, 0.2) is 60.0 Å². The van der Waals surface area contributed by atoms with Crippen LogP contribution in [0.5, 0.6) is 5.75 Å². The highest BCUT2D eigenvalue weighted by Gasteiger charge is 2.30. The zero-order valence-corrected chi connectivity index (χ0v) is 21.5. The Labute approximate surface area is 219 Å². The zero-order chi connectivity index (χ0) is 25.4. The van der Waals surface area contributed by atoms with Gasteiger partial charge in [0.15, 0.2) is 0 Å². The van der Waals surface area contributed by atoms with Crippen LogP contribution in [-0.4, -0.2) is 53.4 Å². The predicted octanol–water partition coefficient (Wildman–Crippen LogP) is 5.31. The number of likely N-dealkylation sites (tertiary alicyclic amines) is 1. The number of amides is 2. The number of aryl methyl sites for hydroxylation is 1. The number of ether oxygens (including phenoxy) is 1. The molecule has 0 bridgehead atoms. The monoisotopic (exact) mass is 512 g/mol. The molecule has 2 amide bonds. The number of carbonyl (C=O) groups is 2. The largest absolute Gasteiger partial charge is 0.496 e. The van der Waals surface area contributed by atoms with Crippen LogP contribution in [0.25, 0.3) is 10.9 Å². The summed E-state index contributed by atoms with van der Waals surface area (Å²) < 4.78 is 5.52. The minimum Gasteiger partial charge on any atom is -0.496 e. The Morgan fingerprint density at radius 2 is 1.73 bits per heavy atom.